The zero-order valence-electron chi connectivity index (χ0n) is 20.1. The first-order valence-electron chi connectivity index (χ1n) is 11.7. The lowest BCUT2D eigenvalue weighted by Gasteiger charge is -2.43. The van der Waals surface area contributed by atoms with Gasteiger partial charge in [-0.05, 0) is 55.0 Å². The third kappa shape index (κ3) is 4.39. The van der Waals surface area contributed by atoms with Crippen LogP contribution in [0.15, 0.2) is 72.1 Å². The van der Waals surface area contributed by atoms with Gasteiger partial charge in [0.15, 0.2) is 0 Å². The normalized spacial score (nSPS) is 17.3. The monoisotopic (exact) mass is 484 g/mol. The molecule has 2 aromatic carbocycles. The Balaban J connectivity index is 1.50. The number of aryl methyl sites for hydroxylation is 2. The molecule has 1 aliphatic rings. The molecule has 0 radical (unpaired) electrons. The number of hydrogen-bond acceptors (Lipinski definition) is 4. The number of carbonyl (C=O) groups is 2. The highest BCUT2D eigenvalue weighted by atomic mass is 32.1. The van der Waals surface area contributed by atoms with E-state index in [4.69, 9.17) is 5.10 Å². The fraction of sp³-hybridized carbons (Fsp3) is 0.250. The van der Waals surface area contributed by atoms with Crippen LogP contribution in [0.2, 0.25) is 0 Å². The molecule has 1 aliphatic heterocycles. The maximum Gasteiger partial charge on any atom is 0.273 e. The molecule has 2 aromatic heterocycles. The van der Waals surface area contributed by atoms with E-state index in [0.29, 0.717) is 18.8 Å². The molecule has 35 heavy (non-hydrogen) atoms. The van der Waals surface area contributed by atoms with Crippen LogP contribution in [0.1, 0.15) is 39.7 Å². The Morgan fingerprint density at radius 2 is 1.91 bits per heavy atom. The molecule has 1 N–H and O–H groups in total. The summed E-state index contributed by atoms with van der Waals surface area (Å²) in [7, 11) is 0. The van der Waals surface area contributed by atoms with E-state index < -0.39 is 5.54 Å². The van der Waals surface area contributed by atoms with Crippen molar-refractivity contribution in [3.05, 3.63) is 100 Å². The Hall–Kier alpha value is -3.71. The lowest BCUT2D eigenvalue weighted by Crippen LogP contribution is -2.63. The fourth-order valence-corrected chi connectivity index (χ4v) is 5.27. The summed E-state index contributed by atoms with van der Waals surface area (Å²) in [6.07, 6.45) is 0. The molecule has 7 heteroatoms. The smallest absolute Gasteiger partial charge is 0.273 e. The zero-order valence-corrected chi connectivity index (χ0v) is 20.9. The SMILES string of the molecule is Cc1cccc(CNC(=O)[C@]2(C)Cn3nc(-c4cccs4)cc3C(=O)N2Cc2ccccc2C)c1. The predicted molar refractivity (Wildman–Crippen MR) is 138 cm³/mol. The van der Waals surface area contributed by atoms with Gasteiger partial charge in [0.05, 0.1) is 11.4 Å². The largest absolute Gasteiger partial charge is 0.350 e. The van der Waals surface area contributed by atoms with E-state index in [1.165, 1.54) is 0 Å². The lowest BCUT2D eigenvalue weighted by molar-refractivity contribution is -0.133. The molecule has 178 valence electrons. The van der Waals surface area contributed by atoms with Gasteiger partial charge in [-0.3, -0.25) is 14.3 Å². The molecule has 0 unspecified atom stereocenters. The van der Waals surface area contributed by atoms with Gasteiger partial charge >= 0.3 is 0 Å². The van der Waals surface area contributed by atoms with E-state index in [1.54, 1.807) is 20.9 Å². The second-order valence-corrected chi connectivity index (χ2v) is 10.3. The van der Waals surface area contributed by atoms with E-state index in [1.807, 2.05) is 86.8 Å². The van der Waals surface area contributed by atoms with Crippen molar-refractivity contribution >= 4 is 23.2 Å². The second-order valence-electron chi connectivity index (χ2n) is 9.31. The number of fused-ring (bicyclic) bond motifs is 1. The molecule has 4 aromatic rings. The number of rotatable bonds is 6. The first kappa shape index (κ1) is 23.1. The van der Waals surface area contributed by atoms with Crippen molar-refractivity contribution < 1.29 is 9.59 Å². The van der Waals surface area contributed by atoms with Crippen LogP contribution in [0.5, 0.6) is 0 Å². The number of nitrogens with one attached hydrogen (secondary N) is 1. The number of nitrogens with zero attached hydrogens (tertiary/aromatic N) is 3. The Bertz CT molecular complexity index is 1390. The fourth-order valence-electron chi connectivity index (χ4n) is 4.59. The minimum atomic E-state index is -1.10. The molecule has 0 fully saturated rings. The van der Waals surface area contributed by atoms with Crippen LogP contribution in [-0.2, 0) is 24.4 Å². The van der Waals surface area contributed by atoms with Crippen LogP contribution >= 0.6 is 11.3 Å². The average molecular weight is 485 g/mol. The predicted octanol–water partition coefficient (Wildman–Crippen LogP) is 4.96. The maximum absolute atomic E-state index is 13.8. The van der Waals surface area contributed by atoms with Gasteiger partial charge < -0.3 is 10.2 Å². The highest BCUT2D eigenvalue weighted by Gasteiger charge is 2.48. The summed E-state index contributed by atoms with van der Waals surface area (Å²) in [5, 5.41) is 9.78. The Morgan fingerprint density at radius 1 is 1.09 bits per heavy atom. The summed E-state index contributed by atoms with van der Waals surface area (Å²) in [5.74, 6) is -0.386. The van der Waals surface area contributed by atoms with Crippen molar-refractivity contribution in [2.45, 2.75) is 45.9 Å². The standard InChI is InChI=1S/C28H28N4O2S/c1-19-8-6-10-21(14-19)16-29-27(34)28(3)18-32-24(15-23(30-32)25-12-7-13-35-25)26(33)31(28)17-22-11-5-4-9-20(22)2/h4-15H,16-18H2,1-3H3,(H,29,34)/t28-/m0/s1. The summed E-state index contributed by atoms with van der Waals surface area (Å²) in [5.41, 5.74) is 4.42. The van der Waals surface area contributed by atoms with Crippen molar-refractivity contribution in [3.63, 3.8) is 0 Å². The van der Waals surface area contributed by atoms with Crippen LogP contribution in [0.3, 0.4) is 0 Å². The van der Waals surface area contributed by atoms with Gasteiger partial charge in [-0.1, -0.05) is 60.2 Å². The Morgan fingerprint density at radius 3 is 2.66 bits per heavy atom. The molecule has 0 saturated carbocycles. The molecular weight excluding hydrogens is 456 g/mol. The van der Waals surface area contributed by atoms with Crippen molar-refractivity contribution in [3.8, 4) is 10.6 Å². The summed E-state index contributed by atoms with van der Waals surface area (Å²) >= 11 is 1.58. The van der Waals surface area contributed by atoms with E-state index in [9.17, 15) is 9.59 Å². The number of thiophene rings is 1. The van der Waals surface area contributed by atoms with Gasteiger partial charge in [0.1, 0.15) is 16.9 Å². The number of benzene rings is 2. The van der Waals surface area contributed by atoms with Gasteiger partial charge in [0.25, 0.3) is 5.91 Å². The molecule has 5 rings (SSSR count). The average Bonchev–Trinajstić information content (AvgIpc) is 3.51. The molecule has 1 atom stereocenters. The molecule has 6 nitrogen and oxygen atoms in total. The molecule has 2 amide bonds. The van der Waals surface area contributed by atoms with Gasteiger partial charge in [-0.25, -0.2) is 0 Å². The third-order valence-corrected chi connectivity index (χ3v) is 7.58. The summed E-state index contributed by atoms with van der Waals surface area (Å²) < 4.78 is 1.69. The molecule has 0 spiro atoms. The minimum absolute atomic E-state index is 0.192. The Labute approximate surface area is 209 Å². The van der Waals surface area contributed by atoms with E-state index in [0.717, 1.165) is 32.8 Å². The van der Waals surface area contributed by atoms with Crippen molar-refractivity contribution in [2.75, 3.05) is 0 Å². The van der Waals surface area contributed by atoms with Gasteiger partial charge in [-0.15, -0.1) is 11.3 Å². The van der Waals surface area contributed by atoms with Crippen molar-refractivity contribution in [1.29, 1.82) is 0 Å². The van der Waals surface area contributed by atoms with Gasteiger partial charge in [0, 0.05) is 13.1 Å². The van der Waals surface area contributed by atoms with Crippen molar-refractivity contribution in [2.24, 2.45) is 0 Å². The quantitative estimate of drug-likeness (QED) is 0.421. The van der Waals surface area contributed by atoms with Crippen LogP contribution < -0.4 is 5.32 Å². The zero-order chi connectivity index (χ0) is 24.6. The highest BCUT2D eigenvalue weighted by molar-refractivity contribution is 7.13. The van der Waals surface area contributed by atoms with Gasteiger partial charge in [0.2, 0.25) is 5.91 Å². The van der Waals surface area contributed by atoms with Crippen LogP contribution in [0, 0.1) is 13.8 Å². The maximum atomic E-state index is 13.8. The minimum Gasteiger partial charge on any atom is -0.350 e. The molecule has 3 heterocycles. The van der Waals surface area contributed by atoms with Gasteiger partial charge in [-0.2, -0.15) is 5.10 Å². The van der Waals surface area contributed by atoms with Crippen LogP contribution in [-0.4, -0.2) is 32.0 Å². The first-order chi connectivity index (χ1) is 16.8. The third-order valence-electron chi connectivity index (χ3n) is 6.69. The highest BCUT2D eigenvalue weighted by Crippen LogP contribution is 2.33. The Kier molecular flexibility index (Phi) is 6.03. The summed E-state index contributed by atoms with van der Waals surface area (Å²) in [4.78, 5) is 30.3. The molecular formula is C28H28N4O2S. The van der Waals surface area contributed by atoms with E-state index >= 15 is 0 Å². The van der Waals surface area contributed by atoms with Crippen molar-refractivity contribution in [1.82, 2.24) is 20.0 Å². The molecule has 0 bridgehead atoms. The number of amides is 2. The molecule has 0 saturated heterocycles. The second kappa shape index (κ2) is 9.15. The number of aromatic nitrogens is 2. The molecule has 0 aliphatic carbocycles. The summed E-state index contributed by atoms with van der Waals surface area (Å²) in [6.45, 7) is 6.92. The summed E-state index contributed by atoms with van der Waals surface area (Å²) in [6, 6.07) is 21.8. The number of hydrogen-bond donors (Lipinski definition) is 1. The van der Waals surface area contributed by atoms with E-state index in [-0.39, 0.29) is 18.4 Å². The topological polar surface area (TPSA) is 67.2 Å². The lowest BCUT2D eigenvalue weighted by atomic mass is 9.93. The number of carbonyl (C=O) groups excluding carboxylic acids is 2. The first-order valence-corrected chi connectivity index (χ1v) is 12.6. The van der Waals surface area contributed by atoms with Crippen LogP contribution in [0.25, 0.3) is 10.6 Å². The van der Waals surface area contributed by atoms with E-state index in [2.05, 4.69) is 11.4 Å². The van der Waals surface area contributed by atoms with Crippen LogP contribution in [0.4, 0.5) is 0 Å².